The lowest BCUT2D eigenvalue weighted by atomic mass is 9.99. The highest BCUT2D eigenvalue weighted by atomic mass is 32.1. The Hall–Kier alpha value is -0.450. The molecule has 2 heterocycles. The third-order valence-electron chi connectivity index (χ3n) is 3.45. The summed E-state index contributed by atoms with van der Waals surface area (Å²) in [6.07, 6.45) is 2.50. The van der Waals surface area contributed by atoms with E-state index in [-0.39, 0.29) is 0 Å². The summed E-state index contributed by atoms with van der Waals surface area (Å²) in [7, 11) is 2.21. The van der Waals surface area contributed by atoms with E-state index in [0.717, 1.165) is 11.6 Å². The van der Waals surface area contributed by atoms with Crippen molar-refractivity contribution >= 4 is 11.3 Å². The SMILES string of the molecule is Cc1nc(CNC2CCN(C)C(C)C2)cs1. The van der Waals surface area contributed by atoms with Gasteiger partial charge in [0.1, 0.15) is 0 Å². The molecule has 2 rings (SSSR count). The zero-order valence-electron chi connectivity index (χ0n) is 10.4. The van der Waals surface area contributed by atoms with Gasteiger partial charge in [0.15, 0.2) is 0 Å². The molecular formula is C12H21N3S. The van der Waals surface area contributed by atoms with Crippen molar-refractivity contribution < 1.29 is 0 Å². The van der Waals surface area contributed by atoms with E-state index in [1.165, 1.54) is 25.1 Å². The number of aromatic nitrogens is 1. The first-order valence-corrected chi connectivity index (χ1v) is 6.87. The number of aryl methyl sites for hydroxylation is 1. The Balaban J connectivity index is 1.78. The molecule has 0 radical (unpaired) electrons. The summed E-state index contributed by atoms with van der Waals surface area (Å²) in [6.45, 7) is 6.49. The van der Waals surface area contributed by atoms with Gasteiger partial charge in [-0.05, 0) is 40.3 Å². The lowest BCUT2D eigenvalue weighted by Crippen LogP contribution is -2.45. The van der Waals surface area contributed by atoms with Gasteiger partial charge in [-0.1, -0.05) is 0 Å². The topological polar surface area (TPSA) is 28.2 Å². The molecule has 90 valence electrons. The van der Waals surface area contributed by atoms with Crippen LogP contribution in [0.3, 0.4) is 0 Å². The van der Waals surface area contributed by atoms with Crippen molar-refractivity contribution in [2.24, 2.45) is 0 Å². The van der Waals surface area contributed by atoms with E-state index < -0.39 is 0 Å². The molecule has 1 aromatic heterocycles. The fraction of sp³-hybridized carbons (Fsp3) is 0.750. The van der Waals surface area contributed by atoms with Gasteiger partial charge in [0.05, 0.1) is 10.7 Å². The maximum absolute atomic E-state index is 4.47. The summed E-state index contributed by atoms with van der Waals surface area (Å²) in [5.74, 6) is 0. The minimum absolute atomic E-state index is 0.660. The lowest BCUT2D eigenvalue weighted by molar-refractivity contribution is 0.168. The van der Waals surface area contributed by atoms with Gasteiger partial charge in [-0.15, -0.1) is 11.3 Å². The van der Waals surface area contributed by atoms with Gasteiger partial charge in [0, 0.05) is 24.0 Å². The van der Waals surface area contributed by atoms with E-state index in [0.29, 0.717) is 12.1 Å². The number of hydrogen-bond donors (Lipinski definition) is 1. The third kappa shape index (κ3) is 3.03. The van der Waals surface area contributed by atoms with Crippen molar-refractivity contribution in [3.8, 4) is 0 Å². The number of piperidine rings is 1. The van der Waals surface area contributed by atoms with Crippen molar-refractivity contribution in [3.63, 3.8) is 0 Å². The highest BCUT2D eigenvalue weighted by Gasteiger charge is 2.22. The molecule has 1 N–H and O–H groups in total. The van der Waals surface area contributed by atoms with Crippen LogP contribution in [-0.2, 0) is 6.54 Å². The summed E-state index contributed by atoms with van der Waals surface area (Å²) in [5.41, 5.74) is 1.19. The molecule has 1 saturated heterocycles. The Morgan fingerprint density at radius 3 is 3.06 bits per heavy atom. The molecule has 4 heteroatoms. The van der Waals surface area contributed by atoms with E-state index in [1.54, 1.807) is 11.3 Å². The highest BCUT2D eigenvalue weighted by molar-refractivity contribution is 7.09. The fourth-order valence-electron chi connectivity index (χ4n) is 2.21. The van der Waals surface area contributed by atoms with Gasteiger partial charge in [0.2, 0.25) is 0 Å². The van der Waals surface area contributed by atoms with Gasteiger partial charge in [-0.2, -0.15) is 0 Å². The average Bonchev–Trinajstić information content (AvgIpc) is 2.66. The van der Waals surface area contributed by atoms with Gasteiger partial charge in [-0.3, -0.25) is 0 Å². The standard InChI is InChI=1S/C12H21N3S/c1-9-6-11(4-5-15(9)3)13-7-12-8-16-10(2)14-12/h8-9,11,13H,4-7H2,1-3H3. The van der Waals surface area contributed by atoms with Crippen molar-refractivity contribution in [3.05, 3.63) is 16.1 Å². The number of nitrogens with one attached hydrogen (secondary N) is 1. The molecule has 1 aromatic rings. The summed E-state index contributed by atoms with van der Waals surface area (Å²) < 4.78 is 0. The van der Waals surface area contributed by atoms with Crippen molar-refractivity contribution in [2.45, 2.75) is 45.3 Å². The predicted octanol–water partition coefficient (Wildman–Crippen LogP) is 2.02. The largest absolute Gasteiger partial charge is 0.308 e. The number of rotatable bonds is 3. The Bertz CT molecular complexity index is 337. The first-order valence-electron chi connectivity index (χ1n) is 6.00. The summed E-state index contributed by atoms with van der Waals surface area (Å²) >= 11 is 1.73. The van der Waals surface area contributed by atoms with Crippen LogP contribution in [0, 0.1) is 6.92 Å². The van der Waals surface area contributed by atoms with Crippen LogP contribution in [0.4, 0.5) is 0 Å². The highest BCUT2D eigenvalue weighted by Crippen LogP contribution is 2.16. The molecule has 1 aliphatic heterocycles. The molecule has 0 bridgehead atoms. The Morgan fingerprint density at radius 2 is 2.44 bits per heavy atom. The van der Waals surface area contributed by atoms with E-state index in [4.69, 9.17) is 0 Å². The zero-order chi connectivity index (χ0) is 11.5. The second-order valence-electron chi connectivity index (χ2n) is 4.79. The van der Waals surface area contributed by atoms with Crippen LogP contribution in [0.15, 0.2) is 5.38 Å². The third-order valence-corrected chi connectivity index (χ3v) is 4.27. The van der Waals surface area contributed by atoms with Crippen LogP contribution in [0.5, 0.6) is 0 Å². The van der Waals surface area contributed by atoms with E-state index >= 15 is 0 Å². The molecular weight excluding hydrogens is 218 g/mol. The van der Waals surface area contributed by atoms with Crippen LogP contribution in [0.25, 0.3) is 0 Å². The minimum atomic E-state index is 0.660. The molecule has 0 aliphatic carbocycles. The summed E-state index contributed by atoms with van der Waals surface area (Å²) in [4.78, 5) is 6.91. The minimum Gasteiger partial charge on any atom is -0.308 e. The quantitative estimate of drug-likeness (QED) is 0.875. The van der Waals surface area contributed by atoms with Gasteiger partial charge in [-0.25, -0.2) is 4.98 Å². The molecule has 0 aromatic carbocycles. The maximum atomic E-state index is 4.47. The molecule has 16 heavy (non-hydrogen) atoms. The monoisotopic (exact) mass is 239 g/mol. The van der Waals surface area contributed by atoms with E-state index in [2.05, 4.69) is 41.5 Å². The zero-order valence-corrected chi connectivity index (χ0v) is 11.2. The van der Waals surface area contributed by atoms with Crippen molar-refractivity contribution in [1.29, 1.82) is 0 Å². The number of likely N-dealkylation sites (tertiary alicyclic amines) is 1. The van der Waals surface area contributed by atoms with Crippen molar-refractivity contribution in [2.75, 3.05) is 13.6 Å². The number of nitrogens with zero attached hydrogens (tertiary/aromatic N) is 2. The average molecular weight is 239 g/mol. The van der Waals surface area contributed by atoms with Crippen LogP contribution in [0.1, 0.15) is 30.5 Å². The fourth-order valence-corrected chi connectivity index (χ4v) is 2.83. The summed E-state index contributed by atoms with van der Waals surface area (Å²) in [6, 6.07) is 1.36. The maximum Gasteiger partial charge on any atom is 0.0897 e. The predicted molar refractivity (Wildman–Crippen MR) is 68.8 cm³/mol. The Morgan fingerprint density at radius 1 is 1.62 bits per heavy atom. The van der Waals surface area contributed by atoms with E-state index in [9.17, 15) is 0 Å². The Kier molecular flexibility index (Phi) is 3.95. The molecule has 2 atom stereocenters. The molecule has 0 spiro atoms. The van der Waals surface area contributed by atoms with Gasteiger partial charge < -0.3 is 10.2 Å². The molecule has 0 saturated carbocycles. The molecule has 1 fully saturated rings. The van der Waals surface area contributed by atoms with Crippen LogP contribution >= 0.6 is 11.3 Å². The normalized spacial score (nSPS) is 27.2. The van der Waals surface area contributed by atoms with Gasteiger partial charge in [0.25, 0.3) is 0 Å². The van der Waals surface area contributed by atoms with Crippen LogP contribution in [0.2, 0.25) is 0 Å². The molecule has 0 amide bonds. The Labute approximate surface area is 102 Å². The lowest BCUT2D eigenvalue weighted by Gasteiger charge is -2.35. The van der Waals surface area contributed by atoms with Crippen LogP contribution < -0.4 is 5.32 Å². The second kappa shape index (κ2) is 5.25. The van der Waals surface area contributed by atoms with E-state index in [1.807, 2.05) is 0 Å². The second-order valence-corrected chi connectivity index (χ2v) is 5.85. The molecule has 3 nitrogen and oxygen atoms in total. The van der Waals surface area contributed by atoms with Crippen LogP contribution in [-0.4, -0.2) is 35.6 Å². The first-order chi connectivity index (χ1) is 7.65. The van der Waals surface area contributed by atoms with Crippen molar-refractivity contribution in [1.82, 2.24) is 15.2 Å². The van der Waals surface area contributed by atoms with Gasteiger partial charge >= 0.3 is 0 Å². The molecule has 2 unspecified atom stereocenters. The first kappa shape index (κ1) is 12.0. The smallest absolute Gasteiger partial charge is 0.0897 e. The number of hydrogen-bond acceptors (Lipinski definition) is 4. The molecule has 1 aliphatic rings. The number of thiazole rings is 1. The summed E-state index contributed by atoms with van der Waals surface area (Å²) in [5, 5.41) is 6.93.